The third-order valence-corrected chi connectivity index (χ3v) is 2.74. The number of hydrogen-bond acceptors (Lipinski definition) is 4. The second-order valence-electron chi connectivity index (χ2n) is 4.22. The fourth-order valence-corrected chi connectivity index (χ4v) is 1.67. The van der Waals surface area contributed by atoms with Crippen LogP contribution in [-0.4, -0.2) is 18.9 Å². The van der Waals surface area contributed by atoms with E-state index in [1.807, 2.05) is 0 Å². The van der Waals surface area contributed by atoms with E-state index in [4.69, 9.17) is 4.42 Å². The van der Waals surface area contributed by atoms with Crippen LogP contribution in [0, 0.1) is 6.92 Å². The Labute approximate surface area is 116 Å². The topological polar surface area (TPSA) is 56.5 Å². The lowest BCUT2D eigenvalue weighted by atomic mass is 10.1. The molecule has 0 N–H and O–H groups in total. The lowest BCUT2D eigenvalue weighted by molar-refractivity contribution is 0.0600. The molecule has 1 aromatic heterocycles. The first-order chi connectivity index (χ1) is 9.60. The van der Waals surface area contributed by atoms with E-state index >= 15 is 0 Å². The lowest BCUT2D eigenvalue weighted by Crippen LogP contribution is -2.00. The van der Waals surface area contributed by atoms with Crippen molar-refractivity contribution in [3.63, 3.8) is 0 Å². The average molecular weight is 270 g/mol. The third-order valence-electron chi connectivity index (χ3n) is 2.74. The highest BCUT2D eigenvalue weighted by Gasteiger charge is 2.06. The molecule has 0 radical (unpaired) electrons. The lowest BCUT2D eigenvalue weighted by Gasteiger charge is -1.99. The van der Waals surface area contributed by atoms with E-state index < -0.39 is 0 Å². The minimum absolute atomic E-state index is 0.199. The first-order valence-electron chi connectivity index (χ1n) is 6.07. The Morgan fingerprint density at radius 3 is 2.35 bits per heavy atom. The van der Waals surface area contributed by atoms with Crippen molar-refractivity contribution in [3.05, 3.63) is 65.1 Å². The number of furan rings is 1. The van der Waals surface area contributed by atoms with Crippen LogP contribution in [0.25, 0.3) is 6.08 Å². The second kappa shape index (κ2) is 6.02. The Morgan fingerprint density at radius 1 is 1.10 bits per heavy atom. The molecule has 20 heavy (non-hydrogen) atoms. The van der Waals surface area contributed by atoms with Crippen molar-refractivity contribution >= 4 is 17.8 Å². The van der Waals surface area contributed by atoms with E-state index in [0.29, 0.717) is 17.1 Å². The number of ketones is 1. The van der Waals surface area contributed by atoms with Crippen LogP contribution in [0.15, 0.2) is 46.9 Å². The number of methoxy groups -OCH3 is 1. The van der Waals surface area contributed by atoms with Crippen LogP contribution >= 0.6 is 0 Å². The third kappa shape index (κ3) is 3.23. The van der Waals surface area contributed by atoms with Gasteiger partial charge in [0.25, 0.3) is 0 Å². The summed E-state index contributed by atoms with van der Waals surface area (Å²) >= 11 is 0. The Bertz CT molecular complexity index is 647. The van der Waals surface area contributed by atoms with Crippen molar-refractivity contribution in [2.24, 2.45) is 0 Å². The van der Waals surface area contributed by atoms with Gasteiger partial charge in [0.05, 0.1) is 12.7 Å². The molecule has 0 aliphatic carbocycles. The van der Waals surface area contributed by atoms with Gasteiger partial charge in [0, 0.05) is 0 Å². The van der Waals surface area contributed by atoms with Crippen molar-refractivity contribution in [2.45, 2.75) is 6.92 Å². The van der Waals surface area contributed by atoms with Crippen LogP contribution in [0.1, 0.15) is 32.2 Å². The van der Waals surface area contributed by atoms with Crippen LogP contribution in [-0.2, 0) is 4.74 Å². The first kappa shape index (κ1) is 13.8. The molecule has 0 aliphatic rings. The van der Waals surface area contributed by atoms with E-state index in [-0.39, 0.29) is 11.8 Å². The molecule has 0 atom stereocenters. The molecular weight excluding hydrogens is 256 g/mol. The van der Waals surface area contributed by atoms with E-state index in [0.717, 1.165) is 5.56 Å². The quantitative estimate of drug-likeness (QED) is 0.486. The second-order valence-corrected chi connectivity index (χ2v) is 4.22. The Kier molecular flexibility index (Phi) is 4.15. The number of benzene rings is 1. The van der Waals surface area contributed by atoms with Gasteiger partial charge in [0.15, 0.2) is 5.76 Å². The molecule has 1 aromatic carbocycles. The fourth-order valence-electron chi connectivity index (χ4n) is 1.67. The molecule has 102 valence electrons. The van der Waals surface area contributed by atoms with Crippen LogP contribution < -0.4 is 0 Å². The molecule has 0 fully saturated rings. The zero-order valence-corrected chi connectivity index (χ0v) is 11.3. The summed E-state index contributed by atoms with van der Waals surface area (Å²) in [6.07, 6.45) is 3.10. The standard InChI is InChI=1S/C16H14O4/c1-11-3-10-15(20-11)14(17)9-6-12-4-7-13(8-5-12)16(18)19-2/h3-10H,1-2H3/b9-6+. The molecule has 4 nitrogen and oxygen atoms in total. The number of hydrogen-bond donors (Lipinski definition) is 0. The Hall–Kier alpha value is -2.62. The number of ether oxygens (including phenoxy) is 1. The van der Waals surface area contributed by atoms with Gasteiger partial charge >= 0.3 is 5.97 Å². The van der Waals surface area contributed by atoms with Gasteiger partial charge in [-0.15, -0.1) is 0 Å². The summed E-state index contributed by atoms with van der Waals surface area (Å²) < 4.78 is 9.85. The summed E-state index contributed by atoms with van der Waals surface area (Å²) in [4.78, 5) is 23.1. The van der Waals surface area contributed by atoms with Crippen LogP contribution in [0.3, 0.4) is 0 Å². The molecule has 0 saturated heterocycles. The minimum Gasteiger partial charge on any atom is -0.465 e. The minimum atomic E-state index is -0.386. The summed E-state index contributed by atoms with van der Waals surface area (Å²) in [6.45, 7) is 1.78. The predicted octanol–water partition coefficient (Wildman–Crippen LogP) is 3.27. The number of esters is 1. The van der Waals surface area contributed by atoms with E-state index in [1.54, 1.807) is 49.4 Å². The molecule has 0 bridgehead atoms. The normalized spacial score (nSPS) is 10.7. The summed E-state index contributed by atoms with van der Waals surface area (Å²) in [5.41, 5.74) is 1.28. The molecule has 0 saturated carbocycles. The highest BCUT2D eigenvalue weighted by Crippen LogP contribution is 2.11. The van der Waals surface area contributed by atoms with E-state index in [2.05, 4.69) is 4.74 Å². The summed E-state index contributed by atoms with van der Waals surface area (Å²) in [5, 5.41) is 0. The summed E-state index contributed by atoms with van der Waals surface area (Å²) in [6, 6.07) is 10.2. The molecule has 1 heterocycles. The van der Waals surface area contributed by atoms with Gasteiger partial charge in [-0.25, -0.2) is 4.79 Å². The maximum atomic E-state index is 11.8. The molecule has 2 rings (SSSR count). The molecule has 2 aromatic rings. The molecule has 4 heteroatoms. The van der Waals surface area contributed by atoms with Gasteiger partial charge in [-0.3, -0.25) is 4.79 Å². The van der Waals surface area contributed by atoms with Gasteiger partial charge in [-0.1, -0.05) is 18.2 Å². The van der Waals surface area contributed by atoms with E-state index in [9.17, 15) is 9.59 Å². The van der Waals surface area contributed by atoms with Crippen molar-refractivity contribution < 1.29 is 18.7 Å². The predicted molar refractivity (Wildman–Crippen MR) is 74.6 cm³/mol. The van der Waals surface area contributed by atoms with Gasteiger partial charge < -0.3 is 9.15 Å². The fraction of sp³-hybridized carbons (Fsp3) is 0.125. The van der Waals surface area contributed by atoms with Gasteiger partial charge in [0.1, 0.15) is 5.76 Å². The SMILES string of the molecule is COC(=O)c1ccc(/C=C/C(=O)c2ccc(C)o2)cc1. The maximum Gasteiger partial charge on any atom is 0.337 e. The monoisotopic (exact) mass is 270 g/mol. The molecule has 0 unspecified atom stereocenters. The smallest absolute Gasteiger partial charge is 0.337 e. The molecule has 0 aliphatic heterocycles. The Morgan fingerprint density at radius 2 is 1.80 bits per heavy atom. The zero-order valence-electron chi connectivity index (χ0n) is 11.3. The van der Waals surface area contributed by atoms with Gasteiger partial charge in [-0.05, 0) is 42.8 Å². The highest BCUT2D eigenvalue weighted by atomic mass is 16.5. The zero-order chi connectivity index (χ0) is 14.5. The van der Waals surface area contributed by atoms with Crippen molar-refractivity contribution in [3.8, 4) is 0 Å². The van der Waals surface area contributed by atoms with Crippen LogP contribution in [0.2, 0.25) is 0 Å². The number of rotatable bonds is 4. The van der Waals surface area contributed by atoms with Crippen molar-refractivity contribution in [1.82, 2.24) is 0 Å². The molecule has 0 spiro atoms. The summed E-state index contributed by atoms with van der Waals surface area (Å²) in [5.74, 6) is 0.423. The summed E-state index contributed by atoms with van der Waals surface area (Å²) in [7, 11) is 1.33. The number of carbonyl (C=O) groups is 2. The highest BCUT2D eigenvalue weighted by molar-refractivity contribution is 6.04. The van der Waals surface area contributed by atoms with Gasteiger partial charge in [0.2, 0.25) is 5.78 Å². The number of aryl methyl sites for hydroxylation is 1. The largest absolute Gasteiger partial charge is 0.465 e. The van der Waals surface area contributed by atoms with Crippen molar-refractivity contribution in [2.75, 3.05) is 7.11 Å². The van der Waals surface area contributed by atoms with Crippen LogP contribution in [0.5, 0.6) is 0 Å². The first-order valence-corrected chi connectivity index (χ1v) is 6.07. The Balaban J connectivity index is 2.08. The number of carbonyl (C=O) groups excluding carboxylic acids is 2. The molecule has 0 amide bonds. The maximum absolute atomic E-state index is 11.8. The average Bonchev–Trinajstić information content (AvgIpc) is 2.91. The van der Waals surface area contributed by atoms with Crippen LogP contribution in [0.4, 0.5) is 0 Å². The van der Waals surface area contributed by atoms with Gasteiger partial charge in [-0.2, -0.15) is 0 Å². The van der Waals surface area contributed by atoms with Crippen molar-refractivity contribution in [1.29, 1.82) is 0 Å². The number of allylic oxidation sites excluding steroid dienone is 1. The van der Waals surface area contributed by atoms with E-state index in [1.165, 1.54) is 13.2 Å². The molecular formula is C16H14O4.